The van der Waals surface area contributed by atoms with Crippen molar-refractivity contribution in [2.75, 3.05) is 26.8 Å². The van der Waals surface area contributed by atoms with Crippen LogP contribution in [0, 0.1) is 11.3 Å². The van der Waals surface area contributed by atoms with Crippen LogP contribution in [-0.2, 0) is 0 Å². The minimum absolute atomic E-state index is 0.266. The molecular weight excluding hydrogens is 266 g/mol. The second kappa shape index (κ2) is 7.14. The fourth-order valence-corrected chi connectivity index (χ4v) is 2.59. The van der Waals surface area contributed by atoms with Crippen molar-refractivity contribution >= 4 is 0 Å². The third kappa shape index (κ3) is 4.35. The second-order valence-corrected chi connectivity index (χ2v) is 6.26. The largest absolute Gasteiger partial charge is 0.493 e. The first kappa shape index (κ1) is 16.1. The highest BCUT2D eigenvalue weighted by Crippen LogP contribution is 2.51. The summed E-state index contributed by atoms with van der Waals surface area (Å²) in [5.41, 5.74) is 0.462. The molecule has 4 nitrogen and oxygen atoms in total. The summed E-state index contributed by atoms with van der Waals surface area (Å²) in [4.78, 5) is 0. The van der Waals surface area contributed by atoms with Crippen LogP contribution in [0.15, 0.2) is 24.3 Å². The van der Waals surface area contributed by atoms with E-state index in [0.717, 1.165) is 6.54 Å². The number of rotatable bonds is 9. The Balaban J connectivity index is 1.69. The summed E-state index contributed by atoms with van der Waals surface area (Å²) in [6, 6.07) is 7.48. The predicted molar refractivity (Wildman–Crippen MR) is 83.9 cm³/mol. The van der Waals surface area contributed by atoms with Gasteiger partial charge in [-0.25, -0.2) is 0 Å². The molecule has 1 aliphatic carbocycles. The molecule has 0 spiro atoms. The number of benzene rings is 1. The number of methoxy groups -OCH3 is 1. The molecule has 0 aliphatic heterocycles. The van der Waals surface area contributed by atoms with Gasteiger partial charge in [0, 0.05) is 13.1 Å². The number of hydrogen-bond acceptors (Lipinski definition) is 4. The van der Waals surface area contributed by atoms with Gasteiger partial charge < -0.3 is 19.9 Å². The summed E-state index contributed by atoms with van der Waals surface area (Å²) in [7, 11) is 1.61. The van der Waals surface area contributed by atoms with Crippen molar-refractivity contribution in [3.8, 4) is 11.5 Å². The van der Waals surface area contributed by atoms with E-state index in [0.29, 0.717) is 29.4 Å². The Morgan fingerprint density at radius 3 is 2.48 bits per heavy atom. The van der Waals surface area contributed by atoms with E-state index >= 15 is 0 Å². The number of aliphatic hydroxyl groups excluding tert-OH is 1. The van der Waals surface area contributed by atoms with Crippen LogP contribution in [-0.4, -0.2) is 38.0 Å². The first-order valence-corrected chi connectivity index (χ1v) is 7.72. The molecule has 2 rings (SSSR count). The van der Waals surface area contributed by atoms with Gasteiger partial charge in [-0.1, -0.05) is 26.0 Å². The Morgan fingerprint density at radius 2 is 1.90 bits per heavy atom. The first-order valence-electron chi connectivity index (χ1n) is 7.72. The lowest BCUT2D eigenvalue weighted by molar-refractivity contribution is 0.102. The van der Waals surface area contributed by atoms with Gasteiger partial charge in [-0.15, -0.1) is 0 Å². The highest BCUT2D eigenvalue weighted by Gasteiger charge is 2.44. The van der Waals surface area contributed by atoms with Crippen LogP contribution in [0.25, 0.3) is 0 Å². The molecule has 0 amide bonds. The zero-order valence-corrected chi connectivity index (χ0v) is 13.3. The number of aliphatic hydroxyl groups is 1. The minimum Gasteiger partial charge on any atom is -0.493 e. The van der Waals surface area contributed by atoms with Crippen molar-refractivity contribution < 1.29 is 14.6 Å². The van der Waals surface area contributed by atoms with Gasteiger partial charge in [-0.2, -0.15) is 0 Å². The molecule has 4 heteroatoms. The molecule has 0 radical (unpaired) electrons. The van der Waals surface area contributed by atoms with E-state index in [9.17, 15) is 5.11 Å². The Bertz CT molecular complexity index is 443. The number of para-hydroxylation sites is 2. The molecule has 1 fully saturated rings. The van der Waals surface area contributed by atoms with E-state index in [1.807, 2.05) is 24.3 Å². The molecule has 2 N–H and O–H groups in total. The maximum absolute atomic E-state index is 10.0. The van der Waals surface area contributed by atoms with Crippen LogP contribution in [0.1, 0.15) is 26.7 Å². The summed E-state index contributed by atoms with van der Waals surface area (Å²) >= 11 is 0. The smallest absolute Gasteiger partial charge is 0.161 e. The predicted octanol–water partition coefficient (Wildman–Crippen LogP) is 2.46. The Kier molecular flexibility index (Phi) is 5.48. The molecular formula is C17H27NO3. The topological polar surface area (TPSA) is 50.7 Å². The molecule has 0 aromatic heterocycles. The van der Waals surface area contributed by atoms with E-state index in [2.05, 4.69) is 19.2 Å². The summed E-state index contributed by atoms with van der Waals surface area (Å²) in [5, 5.41) is 13.4. The third-order valence-corrected chi connectivity index (χ3v) is 4.47. The van der Waals surface area contributed by atoms with Crippen LogP contribution in [0.2, 0.25) is 0 Å². The quantitative estimate of drug-likeness (QED) is 0.734. The average molecular weight is 293 g/mol. The van der Waals surface area contributed by atoms with Crippen LogP contribution >= 0.6 is 0 Å². The Hall–Kier alpha value is -1.26. The van der Waals surface area contributed by atoms with Gasteiger partial charge in [-0.3, -0.25) is 0 Å². The fourth-order valence-electron chi connectivity index (χ4n) is 2.59. The van der Waals surface area contributed by atoms with E-state index < -0.39 is 6.10 Å². The third-order valence-electron chi connectivity index (χ3n) is 4.47. The molecule has 0 saturated heterocycles. The number of nitrogens with one attached hydrogen (secondary N) is 1. The lowest BCUT2D eigenvalue weighted by Gasteiger charge is -2.21. The maximum Gasteiger partial charge on any atom is 0.161 e. The van der Waals surface area contributed by atoms with Gasteiger partial charge in [-0.05, 0) is 36.3 Å². The SMILES string of the molecule is COc1ccccc1OCC(O)CNCC1(C(C)C)CC1. The molecule has 1 atom stereocenters. The highest BCUT2D eigenvalue weighted by atomic mass is 16.5. The molecule has 118 valence electrons. The molecule has 1 saturated carbocycles. The van der Waals surface area contributed by atoms with Gasteiger partial charge >= 0.3 is 0 Å². The zero-order valence-electron chi connectivity index (χ0n) is 13.3. The van der Waals surface area contributed by atoms with Crippen LogP contribution in [0.5, 0.6) is 11.5 Å². The van der Waals surface area contributed by atoms with Crippen LogP contribution in [0.4, 0.5) is 0 Å². The standard InChI is InChI=1S/C17H27NO3/c1-13(2)17(8-9-17)12-18-10-14(19)11-21-16-7-5-4-6-15(16)20-3/h4-7,13-14,18-19H,8-12H2,1-3H3. The lowest BCUT2D eigenvalue weighted by atomic mass is 9.92. The van der Waals surface area contributed by atoms with E-state index in [-0.39, 0.29) is 6.61 Å². The van der Waals surface area contributed by atoms with Crippen molar-refractivity contribution in [3.05, 3.63) is 24.3 Å². The van der Waals surface area contributed by atoms with Gasteiger partial charge in [0.15, 0.2) is 11.5 Å². The molecule has 1 unspecified atom stereocenters. The highest BCUT2D eigenvalue weighted by molar-refractivity contribution is 5.39. The van der Waals surface area contributed by atoms with Crippen molar-refractivity contribution in [2.45, 2.75) is 32.8 Å². The van der Waals surface area contributed by atoms with E-state index in [1.54, 1.807) is 7.11 Å². The van der Waals surface area contributed by atoms with E-state index in [4.69, 9.17) is 9.47 Å². The molecule has 0 bridgehead atoms. The summed E-state index contributed by atoms with van der Waals surface area (Å²) in [6.45, 7) is 6.36. The average Bonchev–Trinajstić information content (AvgIpc) is 3.26. The molecule has 1 aromatic carbocycles. The monoisotopic (exact) mass is 293 g/mol. The van der Waals surface area contributed by atoms with Crippen LogP contribution in [0.3, 0.4) is 0 Å². The number of ether oxygens (including phenoxy) is 2. The van der Waals surface area contributed by atoms with Gasteiger partial charge in [0.25, 0.3) is 0 Å². The Labute approximate surface area is 127 Å². The minimum atomic E-state index is -0.516. The van der Waals surface area contributed by atoms with Crippen molar-refractivity contribution in [3.63, 3.8) is 0 Å². The maximum atomic E-state index is 10.0. The van der Waals surface area contributed by atoms with Gasteiger partial charge in [0.1, 0.15) is 12.7 Å². The van der Waals surface area contributed by atoms with Gasteiger partial charge in [0.05, 0.1) is 7.11 Å². The molecule has 1 aromatic rings. The van der Waals surface area contributed by atoms with E-state index in [1.165, 1.54) is 12.8 Å². The van der Waals surface area contributed by atoms with Crippen molar-refractivity contribution in [1.82, 2.24) is 5.32 Å². The zero-order chi connectivity index (χ0) is 15.3. The molecule has 21 heavy (non-hydrogen) atoms. The lowest BCUT2D eigenvalue weighted by Crippen LogP contribution is -2.36. The number of hydrogen-bond donors (Lipinski definition) is 2. The second-order valence-electron chi connectivity index (χ2n) is 6.26. The normalized spacial score (nSPS) is 17.6. The first-order chi connectivity index (χ1) is 10.1. The fraction of sp³-hybridized carbons (Fsp3) is 0.647. The molecule has 1 aliphatic rings. The Morgan fingerprint density at radius 1 is 1.24 bits per heavy atom. The van der Waals surface area contributed by atoms with Crippen molar-refractivity contribution in [1.29, 1.82) is 0 Å². The molecule has 0 heterocycles. The summed E-state index contributed by atoms with van der Waals surface area (Å²) < 4.78 is 10.8. The summed E-state index contributed by atoms with van der Waals surface area (Å²) in [5.74, 6) is 2.06. The van der Waals surface area contributed by atoms with Crippen LogP contribution < -0.4 is 14.8 Å². The summed E-state index contributed by atoms with van der Waals surface area (Å²) in [6.07, 6.45) is 2.08. The van der Waals surface area contributed by atoms with Gasteiger partial charge in [0.2, 0.25) is 0 Å². The van der Waals surface area contributed by atoms with Crippen molar-refractivity contribution in [2.24, 2.45) is 11.3 Å².